The van der Waals surface area contributed by atoms with Crippen molar-refractivity contribution in [3.63, 3.8) is 0 Å². The molecule has 5 nitrogen and oxygen atoms in total. The summed E-state index contributed by atoms with van der Waals surface area (Å²) in [6.45, 7) is 4.86. The average molecular weight is 346 g/mol. The molecule has 7 heteroatoms. The Morgan fingerprint density at radius 3 is 2.47 bits per heavy atom. The Balaban J connectivity index is 1.92. The zero-order chi connectivity index (χ0) is 13.8. The van der Waals surface area contributed by atoms with Crippen LogP contribution in [0.3, 0.4) is 0 Å². The van der Waals surface area contributed by atoms with Crippen LogP contribution in [0.25, 0.3) is 0 Å². The van der Waals surface area contributed by atoms with E-state index in [1.807, 2.05) is 18.4 Å². The molecule has 0 unspecified atom stereocenters. The lowest BCUT2D eigenvalue weighted by Gasteiger charge is -2.34. The molecule has 0 aromatic carbocycles. The summed E-state index contributed by atoms with van der Waals surface area (Å²) in [4.78, 5) is 28.2. The van der Waals surface area contributed by atoms with E-state index in [1.54, 1.807) is 9.80 Å². The van der Waals surface area contributed by atoms with Gasteiger partial charge in [-0.3, -0.25) is 4.79 Å². The summed E-state index contributed by atoms with van der Waals surface area (Å²) in [5.74, 6) is 0.0393. The number of urea groups is 1. The third-order valence-corrected chi connectivity index (χ3v) is 4.82. The predicted molar refractivity (Wildman–Crippen MR) is 78.6 cm³/mol. The van der Waals surface area contributed by atoms with Crippen molar-refractivity contribution in [2.75, 3.05) is 32.7 Å². The van der Waals surface area contributed by atoms with Crippen molar-refractivity contribution >= 4 is 39.2 Å². The Hall–Kier alpha value is -1.08. The molecular weight excluding hydrogens is 330 g/mol. The second-order valence-corrected chi connectivity index (χ2v) is 5.98. The summed E-state index contributed by atoms with van der Waals surface area (Å²) in [6.07, 6.45) is 0. The van der Waals surface area contributed by atoms with E-state index in [4.69, 9.17) is 0 Å². The number of carbonyl (C=O) groups excluding carboxylic acids is 2. The number of carbonyl (C=O) groups is 2. The zero-order valence-electron chi connectivity index (χ0n) is 10.7. The topological polar surface area (TPSA) is 52.7 Å². The van der Waals surface area contributed by atoms with Crippen LogP contribution >= 0.6 is 27.3 Å². The van der Waals surface area contributed by atoms with Gasteiger partial charge in [0.1, 0.15) is 4.88 Å². The maximum atomic E-state index is 12.3. The van der Waals surface area contributed by atoms with Gasteiger partial charge < -0.3 is 15.1 Å². The Labute approximate surface area is 124 Å². The number of nitrogens with one attached hydrogen (secondary N) is 1. The van der Waals surface area contributed by atoms with Crippen LogP contribution in [0.5, 0.6) is 0 Å². The van der Waals surface area contributed by atoms with Crippen LogP contribution in [0.15, 0.2) is 15.9 Å². The molecule has 1 aromatic heterocycles. The molecule has 3 amide bonds. The zero-order valence-corrected chi connectivity index (χ0v) is 13.1. The van der Waals surface area contributed by atoms with Gasteiger partial charge in [-0.15, -0.1) is 11.3 Å². The number of halogens is 1. The van der Waals surface area contributed by atoms with Gasteiger partial charge in [-0.25, -0.2) is 4.79 Å². The Morgan fingerprint density at radius 2 is 1.95 bits per heavy atom. The largest absolute Gasteiger partial charge is 0.338 e. The molecule has 1 fully saturated rings. The quantitative estimate of drug-likeness (QED) is 0.891. The fourth-order valence-electron chi connectivity index (χ4n) is 1.97. The maximum Gasteiger partial charge on any atom is 0.317 e. The van der Waals surface area contributed by atoms with Gasteiger partial charge in [0.15, 0.2) is 0 Å². The minimum absolute atomic E-state index is 0.0393. The third-order valence-electron chi connectivity index (χ3n) is 2.99. The SMILES string of the molecule is CCNC(=O)N1CCN(C(=O)c2sccc2Br)CC1. The van der Waals surface area contributed by atoms with Gasteiger partial charge in [0, 0.05) is 37.2 Å². The van der Waals surface area contributed by atoms with Gasteiger partial charge in [-0.1, -0.05) is 0 Å². The van der Waals surface area contributed by atoms with Gasteiger partial charge in [0.25, 0.3) is 5.91 Å². The van der Waals surface area contributed by atoms with Gasteiger partial charge >= 0.3 is 6.03 Å². The highest BCUT2D eigenvalue weighted by atomic mass is 79.9. The smallest absolute Gasteiger partial charge is 0.317 e. The molecule has 0 aliphatic carbocycles. The summed E-state index contributed by atoms with van der Waals surface area (Å²) < 4.78 is 0.841. The normalized spacial score (nSPS) is 15.5. The Bertz CT molecular complexity index is 469. The number of amides is 3. The van der Waals surface area contributed by atoms with Gasteiger partial charge in [0.2, 0.25) is 0 Å². The van der Waals surface area contributed by atoms with Crippen molar-refractivity contribution in [3.8, 4) is 0 Å². The lowest BCUT2D eigenvalue weighted by Crippen LogP contribution is -2.53. The lowest BCUT2D eigenvalue weighted by atomic mass is 10.3. The lowest BCUT2D eigenvalue weighted by molar-refractivity contribution is 0.0669. The first kappa shape index (κ1) is 14.3. The van der Waals surface area contributed by atoms with Crippen molar-refractivity contribution in [2.45, 2.75) is 6.92 Å². The molecule has 1 N–H and O–H groups in total. The molecule has 0 saturated carbocycles. The molecule has 2 heterocycles. The first-order valence-corrected chi connectivity index (χ1v) is 7.85. The van der Waals surface area contributed by atoms with Crippen LogP contribution in [-0.2, 0) is 0 Å². The van der Waals surface area contributed by atoms with Crippen molar-refractivity contribution in [1.82, 2.24) is 15.1 Å². The monoisotopic (exact) mass is 345 g/mol. The molecule has 19 heavy (non-hydrogen) atoms. The molecule has 0 atom stereocenters. The number of piperazine rings is 1. The van der Waals surface area contributed by atoms with Crippen LogP contribution in [-0.4, -0.2) is 54.5 Å². The number of rotatable bonds is 2. The van der Waals surface area contributed by atoms with E-state index in [-0.39, 0.29) is 11.9 Å². The third kappa shape index (κ3) is 3.27. The van der Waals surface area contributed by atoms with E-state index in [2.05, 4.69) is 21.2 Å². The van der Waals surface area contributed by atoms with E-state index in [0.29, 0.717) is 32.7 Å². The predicted octanol–water partition coefficient (Wildman–Crippen LogP) is 2.00. The molecule has 0 bridgehead atoms. The molecule has 0 radical (unpaired) electrons. The second kappa shape index (κ2) is 6.38. The Morgan fingerprint density at radius 1 is 1.32 bits per heavy atom. The average Bonchev–Trinajstić information content (AvgIpc) is 2.84. The van der Waals surface area contributed by atoms with Gasteiger partial charge in [0.05, 0.1) is 0 Å². The number of hydrogen-bond acceptors (Lipinski definition) is 3. The van der Waals surface area contributed by atoms with Gasteiger partial charge in [-0.2, -0.15) is 0 Å². The first-order valence-electron chi connectivity index (χ1n) is 6.18. The number of nitrogens with zero attached hydrogens (tertiary/aromatic N) is 2. The fraction of sp³-hybridized carbons (Fsp3) is 0.500. The highest BCUT2D eigenvalue weighted by Crippen LogP contribution is 2.24. The van der Waals surface area contributed by atoms with E-state index < -0.39 is 0 Å². The van der Waals surface area contributed by atoms with E-state index in [9.17, 15) is 9.59 Å². The molecule has 104 valence electrons. The van der Waals surface area contributed by atoms with Crippen LogP contribution in [0.2, 0.25) is 0 Å². The van der Waals surface area contributed by atoms with Crippen molar-refractivity contribution in [2.24, 2.45) is 0 Å². The summed E-state index contributed by atoms with van der Waals surface area (Å²) in [7, 11) is 0. The van der Waals surface area contributed by atoms with E-state index in [0.717, 1.165) is 9.35 Å². The Kier molecular flexibility index (Phi) is 4.81. The number of hydrogen-bond donors (Lipinski definition) is 1. The van der Waals surface area contributed by atoms with Crippen LogP contribution in [0.4, 0.5) is 4.79 Å². The van der Waals surface area contributed by atoms with Crippen LogP contribution < -0.4 is 5.32 Å². The molecule has 1 aliphatic rings. The van der Waals surface area contributed by atoms with E-state index >= 15 is 0 Å². The number of thiophene rings is 1. The highest BCUT2D eigenvalue weighted by molar-refractivity contribution is 9.10. The summed E-state index contributed by atoms with van der Waals surface area (Å²) in [6, 6.07) is 1.83. The van der Waals surface area contributed by atoms with Crippen molar-refractivity contribution < 1.29 is 9.59 Å². The molecule has 1 aromatic rings. The molecule has 2 rings (SSSR count). The van der Waals surface area contributed by atoms with Crippen molar-refractivity contribution in [1.29, 1.82) is 0 Å². The fourth-order valence-corrected chi connectivity index (χ4v) is 3.47. The summed E-state index contributed by atoms with van der Waals surface area (Å²) in [5, 5.41) is 4.67. The summed E-state index contributed by atoms with van der Waals surface area (Å²) >= 11 is 4.81. The highest BCUT2D eigenvalue weighted by Gasteiger charge is 2.26. The molecule has 0 spiro atoms. The van der Waals surface area contributed by atoms with Crippen molar-refractivity contribution in [3.05, 3.63) is 20.8 Å². The molecular formula is C12H16BrN3O2S. The van der Waals surface area contributed by atoms with E-state index in [1.165, 1.54) is 11.3 Å². The van der Waals surface area contributed by atoms with Crippen LogP contribution in [0, 0.1) is 0 Å². The molecule has 1 saturated heterocycles. The minimum atomic E-state index is -0.0492. The standard InChI is InChI=1S/C12H16BrN3O2S/c1-2-14-12(18)16-6-4-15(5-7-16)11(17)10-9(13)3-8-19-10/h3,8H,2,4-7H2,1H3,(H,14,18). The second-order valence-electron chi connectivity index (χ2n) is 4.21. The molecule has 1 aliphatic heterocycles. The van der Waals surface area contributed by atoms with Crippen LogP contribution in [0.1, 0.15) is 16.6 Å². The minimum Gasteiger partial charge on any atom is -0.338 e. The van der Waals surface area contributed by atoms with Gasteiger partial charge in [-0.05, 0) is 34.3 Å². The first-order chi connectivity index (χ1) is 9.13. The maximum absolute atomic E-state index is 12.3. The summed E-state index contributed by atoms with van der Waals surface area (Å²) in [5.41, 5.74) is 0.